The molecule has 0 saturated carbocycles. The Morgan fingerprint density at radius 1 is 1.52 bits per heavy atom. The highest BCUT2D eigenvalue weighted by Gasteiger charge is 2.29. The molecule has 0 aromatic carbocycles. The highest BCUT2D eigenvalue weighted by atomic mass is 32.2. The van der Waals surface area contributed by atoms with Gasteiger partial charge in [0.25, 0.3) is 10.1 Å². The fraction of sp³-hybridized carbons (Fsp3) is 0.556. The number of alkyl halides is 3. The van der Waals surface area contributed by atoms with Gasteiger partial charge in [0.2, 0.25) is 12.2 Å². The molecule has 1 aromatic heterocycles. The Balaban J connectivity index is 2.89. The second-order valence-corrected chi connectivity index (χ2v) is 5.90. The van der Waals surface area contributed by atoms with Crippen molar-refractivity contribution in [1.29, 1.82) is 0 Å². The van der Waals surface area contributed by atoms with Crippen LogP contribution in [-0.4, -0.2) is 47.8 Å². The van der Waals surface area contributed by atoms with Crippen LogP contribution in [0.15, 0.2) is 6.33 Å². The molecule has 1 amide bonds. The maximum Gasteiger partial charge on any atom is 0.405 e. The predicted molar refractivity (Wildman–Crippen MR) is 67.6 cm³/mol. The van der Waals surface area contributed by atoms with E-state index in [4.69, 9.17) is 0 Å². The Hall–Kier alpha value is -2.22. The number of rotatable bonds is 7. The summed E-state index contributed by atoms with van der Waals surface area (Å²) in [6, 6.07) is 0. The molecule has 0 fully saturated rings. The van der Waals surface area contributed by atoms with Gasteiger partial charge in [-0.15, -0.1) is 0 Å². The molecule has 1 heterocycles. The van der Waals surface area contributed by atoms with E-state index in [0.29, 0.717) is 6.26 Å². The van der Waals surface area contributed by atoms with E-state index in [9.17, 15) is 36.5 Å². The Morgan fingerprint density at radius 2 is 2.13 bits per heavy atom. The van der Waals surface area contributed by atoms with Gasteiger partial charge in [-0.3, -0.25) is 13.5 Å². The lowest BCUT2D eigenvalue weighted by molar-refractivity contribution is -0.390. The van der Waals surface area contributed by atoms with Gasteiger partial charge in [0, 0.05) is 0 Å². The molecule has 14 heteroatoms. The summed E-state index contributed by atoms with van der Waals surface area (Å²) in [5.41, 5.74) is -0.373. The molecule has 0 saturated heterocycles. The van der Waals surface area contributed by atoms with Gasteiger partial charge in [0.05, 0.1) is 6.26 Å². The van der Waals surface area contributed by atoms with E-state index in [-0.39, 0.29) is 5.69 Å². The van der Waals surface area contributed by atoms with E-state index in [1.165, 1.54) is 0 Å². The molecule has 130 valence electrons. The van der Waals surface area contributed by atoms with Crippen molar-refractivity contribution in [1.82, 2.24) is 14.9 Å². The number of carbonyl (C=O) groups is 1. The second kappa shape index (κ2) is 6.91. The molecule has 1 aromatic rings. The lowest BCUT2D eigenvalue weighted by Gasteiger charge is -2.09. The number of imidazole rings is 1. The van der Waals surface area contributed by atoms with Crippen molar-refractivity contribution >= 4 is 21.8 Å². The van der Waals surface area contributed by atoms with Gasteiger partial charge in [-0.05, 0) is 9.91 Å². The summed E-state index contributed by atoms with van der Waals surface area (Å²) in [6.07, 6.45) is -3.08. The molecule has 0 aliphatic rings. The summed E-state index contributed by atoms with van der Waals surface area (Å²) in [5.74, 6) is -1.85. The summed E-state index contributed by atoms with van der Waals surface area (Å²) < 4.78 is 63.0. The average molecular weight is 360 g/mol. The minimum atomic E-state index is -4.61. The minimum Gasteiger partial charge on any atom is -0.358 e. The molecule has 0 aliphatic carbocycles. The van der Waals surface area contributed by atoms with Gasteiger partial charge < -0.3 is 15.4 Å². The first kappa shape index (κ1) is 18.8. The van der Waals surface area contributed by atoms with Crippen LogP contribution in [0.3, 0.4) is 0 Å². The second-order valence-electron chi connectivity index (χ2n) is 4.26. The maximum atomic E-state index is 12.0. The van der Waals surface area contributed by atoms with Gasteiger partial charge in [-0.2, -0.15) is 21.6 Å². The van der Waals surface area contributed by atoms with Crippen molar-refractivity contribution < 1.29 is 35.5 Å². The molecule has 23 heavy (non-hydrogen) atoms. The molecular weight excluding hydrogens is 349 g/mol. The fourth-order valence-electron chi connectivity index (χ4n) is 1.41. The first-order valence-corrected chi connectivity index (χ1v) is 7.57. The van der Waals surface area contributed by atoms with Crippen LogP contribution in [0.1, 0.15) is 5.69 Å². The summed E-state index contributed by atoms with van der Waals surface area (Å²) in [6.45, 7) is -3.08. The van der Waals surface area contributed by atoms with Crippen LogP contribution in [-0.2, 0) is 32.2 Å². The van der Waals surface area contributed by atoms with Gasteiger partial charge in [0.1, 0.15) is 25.4 Å². The van der Waals surface area contributed by atoms with E-state index in [1.54, 1.807) is 5.32 Å². The van der Waals surface area contributed by atoms with E-state index < -0.39 is 52.6 Å². The van der Waals surface area contributed by atoms with Crippen molar-refractivity contribution in [2.75, 3.05) is 12.8 Å². The predicted octanol–water partition coefficient (Wildman–Crippen LogP) is -0.0540. The zero-order chi connectivity index (χ0) is 17.8. The first-order chi connectivity index (χ1) is 10.4. The largest absolute Gasteiger partial charge is 0.405 e. The molecule has 0 unspecified atom stereocenters. The Morgan fingerprint density at radius 3 is 2.61 bits per heavy atom. The minimum absolute atomic E-state index is 0.373. The lowest BCUT2D eigenvalue weighted by atomic mass is 10.4. The molecule has 0 bridgehead atoms. The monoisotopic (exact) mass is 360 g/mol. The third-order valence-electron chi connectivity index (χ3n) is 2.31. The first-order valence-electron chi connectivity index (χ1n) is 5.75. The van der Waals surface area contributed by atoms with E-state index in [1.807, 2.05) is 0 Å². The van der Waals surface area contributed by atoms with E-state index in [0.717, 1.165) is 10.9 Å². The normalized spacial score (nSPS) is 12.2. The zero-order valence-electron chi connectivity index (χ0n) is 11.5. The zero-order valence-corrected chi connectivity index (χ0v) is 12.3. The fourth-order valence-corrected chi connectivity index (χ4v) is 1.73. The van der Waals surface area contributed by atoms with Gasteiger partial charge in [-0.1, -0.05) is 0 Å². The third-order valence-corrected chi connectivity index (χ3v) is 2.85. The summed E-state index contributed by atoms with van der Waals surface area (Å²) in [7, 11) is -3.93. The van der Waals surface area contributed by atoms with E-state index in [2.05, 4.69) is 9.17 Å². The Kier molecular flexibility index (Phi) is 5.65. The summed E-state index contributed by atoms with van der Waals surface area (Å²) in [5, 5.41) is 12.3. The van der Waals surface area contributed by atoms with Crippen molar-refractivity contribution in [3.05, 3.63) is 22.1 Å². The molecule has 0 spiro atoms. The highest BCUT2D eigenvalue weighted by Crippen LogP contribution is 2.18. The van der Waals surface area contributed by atoms with Crippen molar-refractivity contribution in [3.63, 3.8) is 0 Å². The molecular formula is C9H11F3N4O6S. The quantitative estimate of drug-likeness (QED) is 0.409. The molecule has 0 atom stereocenters. The molecule has 0 aliphatic heterocycles. The molecule has 1 rings (SSSR count). The van der Waals surface area contributed by atoms with Gasteiger partial charge in [-0.25, -0.2) is 0 Å². The Labute approximate surface area is 127 Å². The molecule has 0 radical (unpaired) electrons. The third kappa shape index (κ3) is 6.60. The van der Waals surface area contributed by atoms with Crippen LogP contribution in [0.4, 0.5) is 19.0 Å². The maximum absolute atomic E-state index is 12.0. The van der Waals surface area contributed by atoms with Crippen LogP contribution in [0.5, 0.6) is 0 Å². The number of aromatic nitrogens is 2. The number of hydrogen-bond donors (Lipinski definition) is 1. The number of amides is 1. The topological polar surface area (TPSA) is 133 Å². The number of nitro groups is 1. The number of hydrogen-bond acceptors (Lipinski definition) is 7. The average Bonchev–Trinajstić information content (AvgIpc) is 2.75. The van der Waals surface area contributed by atoms with Crippen LogP contribution in [0.2, 0.25) is 0 Å². The highest BCUT2D eigenvalue weighted by molar-refractivity contribution is 7.85. The van der Waals surface area contributed by atoms with Crippen molar-refractivity contribution in [2.24, 2.45) is 0 Å². The standard InChI is InChI=1S/C9H11F3N4O6S/c1-23(20,21)22-3-6-8(16(18)19)14-5-15(6)2-7(17)13-4-9(10,11)12/h5H,2-4H2,1H3,(H,13,17). The number of carbonyl (C=O) groups excluding carboxylic acids is 1. The van der Waals surface area contributed by atoms with Crippen LogP contribution in [0, 0.1) is 10.1 Å². The van der Waals surface area contributed by atoms with E-state index >= 15 is 0 Å². The summed E-state index contributed by atoms with van der Waals surface area (Å²) in [4.78, 5) is 24.6. The van der Waals surface area contributed by atoms with Gasteiger partial charge >= 0.3 is 12.0 Å². The molecule has 1 N–H and O–H groups in total. The number of nitrogens with one attached hydrogen (secondary N) is 1. The molecule has 10 nitrogen and oxygen atoms in total. The lowest BCUT2D eigenvalue weighted by Crippen LogP contribution is -2.36. The Bertz CT molecular complexity index is 699. The smallest absolute Gasteiger partial charge is 0.358 e. The van der Waals surface area contributed by atoms with Gasteiger partial charge in [0.15, 0.2) is 0 Å². The van der Waals surface area contributed by atoms with Crippen molar-refractivity contribution in [3.8, 4) is 0 Å². The van der Waals surface area contributed by atoms with Crippen LogP contribution in [0.25, 0.3) is 0 Å². The summed E-state index contributed by atoms with van der Waals surface area (Å²) >= 11 is 0. The van der Waals surface area contributed by atoms with Crippen molar-refractivity contribution in [2.45, 2.75) is 19.3 Å². The van der Waals surface area contributed by atoms with Crippen LogP contribution >= 0.6 is 0 Å². The number of halogens is 3. The van der Waals surface area contributed by atoms with Crippen LogP contribution < -0.4 is 5.32 Å². The number of nitrogens with zero attached hydrogens (tertiary/aromatic N) is 3. The SMILES string of the molecule is CS(=O)(=O)OCc1c([N+](=O)[O-])ncn1CC(=O)NCC(F)(F)F.